The average molecular weight is 310 g/mol. The van der Waals surface area contributed by atoms with Gasteiger partial charge in [-0.05, 0) is 25.6 Å². The van der Waals surface area contributed by atoms with Crippen LogP contribution in [-0.2, 0) is 0 Å². The Morgan fingerprint density at radius 2 is 2.10 bits per heavy atom. The molecule has 0 radical (unpaired) electrons. The molecule has 0 atom stereocenters. The van der Waals surface area contributed by atoms with Crippen LogP contribution in [0.1, 0.15) is 13.8 Å². The maximum absolute atomic E-state index is 11.3. The third-order valence-electron chi connectivity index (χ3n) is 1.99. The first kappa shape index (κ1) is 15.0. The van der Waals surface area contributed by atoms with E-state index in [2.05, 4.69) is 30.3 Å². The van der Waals surface area contributed by atoms with Crippen molar-refractivity contribution in [3.8, 4) is 6.01 Å². The fourth-order valence-corrected chi connectivity index (χ4v) is 2.03. The highest BCUT2D eigenvalue weighted by atomic mass is 32.2. The van der Waals surface area contributed by atoms with E-state index in [0.29, 0.717) is 0 Å². The number of hydrogen-bond donors (Lipinski definition) is 4. The highest BCUT2D eigenvalue weighted by molar-refractivity contribution is 7.99. The topological polar surface area (TPSA) is 158 Å². The van der Waals surface area contributed by atoms with Gasteiger partial charge >= 0.3 is 6.01 Å². The van der Waals surface area contributed by atoms with Crippen LogP contribution in [0.25, 0.3) is 0 Å². The Hall–Kier alpha value is -2.40. The molecule has 2 heterocycles. The fraction of sp³-hybridized carbons (Fsp3) is 0.300. The van der Waals surface area contributed by atoms with Crippen molar-refractivity contribution in [2.75, 3.05) is 11.2 Å². The second-order valence-corrected chi connectivity index (χ2v) is 5.07. The summed E-state index contributed by atoms with van der Waals surface area (Å²) in [7, 11) is 0. The van der Waals surface area contributed by atoms with Gasteiger partial charge in [-0.1, -0.05) is 0 Å². The number of aromatic amines is 1. The van der Waals surface area contributed by atoms with E-state index in [1.807, 2.05) is 13.8 Å². The van der Waals surface area contributed by atoms with Gasteiger partial charge in [-0.15, -0.1) is 0 Å². The molecule has 0 fully saturated rings. The monoisotopic (exact) mass is 310 g/mol. The minimum atomic E-state index is -0.366. The molecule has 0 aliphatic rings. The highest BCUT2D eigenvalue weighted by Crippen LogP contribution is 2.23. The lowest BCUT2D eigenvalue weighted by Crippen LogP contribution is -2.15. The van der Waals surface area contributed by atoms with Gasteiger partial charge in [0.15, 0.2) is 5.16 Å². The van der Waals surface area contributed by atoms with Gasteiger partial charge in [0, 0.05) is 6.07 Å². The third-order valence-corrected chi connectivity index (χ3v) is 2.74. The number of hydrogen-bond acceptors (Lipinski definition) is 10. The van der Waals surface area contributed by atoms with E-state index in [-0.39, 0.29) is 39.8 Å². The number of rotatable bonds is 5. The molecule has 0 aliphatic carbocycles. The molecule has 11 heteroatoms. The van der Waals surface area contributed by atoms with E-state index in [1.165, 1.54) is 6.07 Å². The van der Waals surface area contributed by atoms with Crippen molar-refractivity contribution in [1.29, 1.82) is 0 Å². The molecular formula is C10H14N8O2S. The van der Waals surface area contributed by atoms with Crippen LogP contribution in [0.4, 0.5) is 11.8 Å². The second kappa shape index (κ2) is 6.37. The number of aromatic nitrogens is 5. The quantitative estimate of drug-likeness (QED) is 0.330. The summed E-state index contributed by atoms with van der Waals surface area (Å²) in [5.41, 5.74) is 7.46. The summed E-state index contributed by atoms with van der Waals surface area (Å²) < 4.78 is 5.39. The Labute approximate surface area is 123 Å². The predicted molar refractivity (Wildman–Crippen MR) is 76.8 cm³/mol. The van der Waals surface area contributed by atoms with E-state index in [9.17, 15) is 4.79 Å². The first-order valence-corrected chi connectivity index (χ1v) is 6.72. The Kier molecular flexibility index (Phi) is 4.55. The van der Waals surface area contributed by atoms with Crippen LogP contribution in [0.2, 0.25) is 0 Å². The highest BCUT2D eigenvalue weighted by Gasteiger charge is 2.11. The molecule has 0 saturated carbocycles. The maximum atomic E-state index is 11.3. The molecule has 2 rings (SSSR count). The summed E-state index contributed by atoms with van der Waals surface area (Å²) in [6.45, 7) is 3.67. The summed E-state index contributed by atoms with van der Waals surface area (Å²) in [5, 5.41) is 0.506. The van der Waals surface area contributed by atoms with Crippen LogP contribution < -0.4 is 27.3 Å². The van der Waals surface area contributed by atoms with Gasteiger partial charge in [0.25, 0.3) is 5.56 Å². The number of hydrazine groups is 1. The standard InChI is InChI=1S/C10H14N8O2S/c1-4(2)20-8-15-7(18-12)16-10(17-8)21-9-13-5(11)3-6(19)14-9/h3-4H,12H2,1-2H3,(H3,11,13,14,19)(H,15,16,17,18). The zero-order chi connectivity index (χ0) is 15.4. The second-order valence-electron chi connectivity index (χ2n) is 4.11. The molecular weight excluding hydrogens is 296 g/mol. The molecule has 21 heavy (non-hydrogen) atoms. The van der Waals surface area contributed by atoms with Gasteiger partial charge < -0.3 is 15.5 Å². The van der Waals surface area contributed by atoms with E-state index in [0.717, 1.165) is 11.8 Å². The number of ether oxygens (including phenoxy) is 1. The Bertz CT molecular complexity index is 689. The van der Waals surface area contributed by atoms with E-state index in [4.69, 9.17) is 16.3 Å². The summed E-state index contributed by atoms with van der Waals surface area (Å²) in [5.74, 6) is 5.54. The van der Waals surface area contributed by atoms with Crippen molar-refractivity contribution in [3.63, 3.8) is 0 Å². The van der Waals surface area contributed by atoms with Crippen molar-refractivity contribution >= 4 is 23.5 Å². The van der Waals surface area contributed by atoms with E-state index in [1.54, 1.807) is 0 Å². The summed E-state index contributed by atoms with van der Waals surface area (Å²) in [6.07, 6.45) is -0.110. The number of H-pyrrole nitrogens is 1. The van der Waals surface area contributed by atoms with E-state index < -0.39 is 0 Å². The summed E-state index contributed by atoms with van der Waals surface area (Å²) in [4.78, 5) is 29.9. The molecule has 0 saturated heterocycles. The lowest BCUT2D eigenvalue weighted by molar-refractivity contribution is 0.219. The van der Waals surface area contributed by atoms with Crippen LogP contribution in [0.5, 0.6) is 6.01 Å². The van der Waals surface area contributed by atoms with Gasteiger partial charge in [0.2, 0.25) is 11.1 Å². The molecule has 10 nitrogen and oxygen atoms in total. The van der Waals surface area contributed by atoms with E-state index >= 15 is 0 Å². The Balaban J connectivity index is 2.31. The number of nitrogen functional groups attached to an aromatic ring is 2. The molecule has 0 aromatic carbocycles. The maximum Gasteiger partial charge on any atom is 0.322 e. The average Bonchev–Trinajstić information content (AvgIpc) is 2.36. The largest absolute Gasteiger partial charge is 0.461 e. The molecule has 2 aromatic rings. The smallest absolute Gasteiger partial charge is 0.322 e. The molecule has 6 N–H and O–H groups in total. The van der Waals surface area contributed by atoms with Crippen molar-refractivity contribution in [1.82, 2.24) is 24.9 Å². The number of nitrogens with two attached hydrogens (primary N) is 2. The van der Waals surface area contributed by atoms with Gasteiger partial charge in [0.05, 0.1) is 6.10 Å². The lowest BCUT2D eigenvalue weighted by Gasteiger charge is -2.09. The lowest BCUT2D eigenvalue weighted by atomic mass is 10.5. The van der Waals surface area contributed by atoms with Crippen LogP contribution in [0.15, 0.2) is 21.2 Å². The van der Waals surface area contributed by atoms with Crippen molar-refractivity contribution in [2.45, 2.75) is 30.3 Å². The van der Waals surface area contributed by atoms with Gasteiger partial charge in [0.1, 0.15) is 5.82 Å². The SMILES string of the molecule is CC(C)Oc1nc(NN)nc(Sc2nc(N)cc(=O)[nH]2)n1. The molecule has 0 bridgehead atoms. The summed E-state index contributed by atoms with van der Waals surface area (Å²) in [6, 6.07) is 1.29. The van der Waals surface area contributed by atoms with Gasteiger partial charge in [-0.25, -0.2) is 10.8 Å². The zero-order valence-corrected chi connectivity index (χ0v) is 12.1. The van der Waals surface area contributed by atoms with Crippen molar-refractivity contribution in [2.24, 2.45) is 5.84 Å². The normalized spacial score (nSPS) is 10.7. The van der Waals surface area contributed by atoms with Crippen molar-refractivity contribution < 1.29 is 4.74 Å². The third kappa shape index (κ3) is 4.29. The minimum Gasteiger partial charge on any atom is -0.461 e. The fourth-order valence-electron chi connectivity index (χ4n) is 1.30. The molecule has 0 unspecified atom stereocenters. The number of nitrogens with zero attached hydrogens (tertiary/aromatic N) is 4. The van der Waals surface area contributed by atoms with Crippen LogP contribution >= 0.6 is 11.8 Å². The van der Waals surface area contributed by atoms with Crippen LogP contribution in [0, 0.1) is 0 Å². The zero-order valence-electron chi connectivity index (χ0n) is 11.3. The Morgan fingerprint density at radius 1 is 1.33 bits per heavy atom. The van der Waals surface area contributed by atoms with Crippen LogP contribution in [0.3, 0.4) is 0 Å². The minimum absolute atomic E-state index is 0.103. The van der Waals surface area contributed by atoms with Crippen molar-refractivity contribution in [3.05, 3.63) is 16.4 Å². The number of nitrogens with one attached hydrogen (secondary N) is 2. The molecule has 112 valence electrons. The predicted octanol–water partition coefficient (Wildman–Crippen LogP) is -0.239. The molecule has 2 aromatic heterocycles. The Morgan fingerprint density at radius 3 is 2.71 bits per heavy atom. The van der Waals surface area contributed by atoms with Gasteiger partial charge in [-0.3, -0.25) is 10.2 Å². The molecule has 0 spiro atoms. The first-order valence-electron chi connectivity index (χ1n) is 5.90. The molecule has 0 amide bonds. The molecule has 0 aliphatic heterocycles. The summed E-state index contributed by atoms with van der Waals surface area (Å²) >= 11 is 1.00. The first-order chi connectivity index (χ1) is 9.96. The van der Waals surface area contributed by atoms with Gasteiger partial charge in [-0.2, -0.15) is 15.0 Å². The number of anilines is 2. The van der Waals surface area contributed by atoms with Crippen LogP contribution in [-0.4, -0.2) is 31.0 Å².